The molecule has 0 aliphatic carbocycles. The molecule has 5 heteroatoms. The number of aromatic nitrogens is 2. The number of ether oxygens (including phenoxy) is 1. The lowest BCUT2D eigenvalue weighted by atomic mass is 10.6. The first-order valence-corrected chi connectivity index (χ1v) is 4.25. The van der Waals surface area contributed by atoms with Crippen LogP contribution in [0.25, 0.3) is 0 Å². The van der Waals surface area contributed by atoms with Crippen LogP contribution in [0.2, 0.25) is 0 Å². The molecule has 0 aliphatic rings. The Bertz CT molecular complexity index is 213. The molecule has 0 saturated heterocycles. The van der Waals surface area contributed by atoms with Gasteiger partial charge in [0.1, 0.15) is 5.01 Å². The van der Waals surface area contributed by atoms with Crippen LogP contribution >= 0.6 is 11.3 Å². The molecule has 4 nitrogen and oxygen atoms in total. The standard InChI is InChI=1S/C6H11N3OS/c1-3-7-4-5-8-9-6(10-2)11-5/h7H,3-4H2,1-2H3. The minimum absolute atomic E-state index is 0.623. The van der Waals surface area contributed by atoms with Gasteiger partial charge in [-0.15, -0.1) is 10.2 Å². The van der Waals surface area contributed by atoms with E-state index in [4.69, 9.17) is 4.74 Å². The molecule has 0 aliphatic heterocycles. The van der Waals surface area contributed by atoms with Gasteiger partial charge in [-0.1, -0.05) is 18.3 Å². The highest BCUT2D eigenvalue weighted by atomic mass is 32.1. The van der Waals surface area contributed by atoms with Gasteiger partial charge in [0.25, 0.3) is 5.19 Å². The summed E-state index contributed by atoms with van der Waals surface area (Å²) in [7, 11) is 1.59. The molecule has 0 radical (unpaired) electrons. The van der Waals surface area contributed by atoms with Gasteiger partial charge in [-0.2, -0.15) is 0 Å². The average molecular weight is 173 g/mol. The van der Waals surface area contributed by atoms with Crippen molar-refractivity contribution in [1.29, 1.82) is 0 Å². The maximum Gasteiger partial charge on any atom is 0.293 e. The summed E-state index contributed by atoms with van der Waals surface area (Å²) in [6.07, 6.45) is 0. The monoisotopic (exact) mass is 173 g/mol. The van der Waals surface area contributed by atoms with Crippen LogP contribution in [0.15, 0.2) is 0 Å². The lowest BCUT2D eigenvalue weighted by Gasteiger charge is -1.92. The van der Waals surface area contributed by atoms with E-state index in [1.807, 2.05) is 0 Å². The quantitative estimate of drug-likeness (QED) is 0.726. The molecule has 0 unspecified atom stereocenters. The molecule has 1 aromatic heterocycles. The van der Waals surface area contributed by atoms with Crippen LogP contribution in [0.4, 0.5) is 0 Å². The van der Waals surface area contributed by atoms with Crippen molar-refractivity contribution >= 4 is 11.3 Å². The van der Waals surface area contributed by atoms with E-state index >= 15 is 0 Å². The van der Waals surface area contributed by atoms with Crippen LogP contribution < -0.4 is 10.1 Å². The largest absolute Gasteiger partial charge is 0.472 e. The highest BCUT2D eigenvalue weighted by molar-refractivity contribution is 7.13. The fourth-order valence-electron chi connectivity index (χ4n) is 0.624. The Labute approximate surface area is 69.6 Å². The van der Waals surface area contributed by atoms with E-state index in [9.17, 15) is 0 Å². The van der Waals surface area contributed by atoms with E-state index in [0.29, 0.717) is 5.19 Å². The first kappa shape index (κ1) is 8.42. The fraction of sp³-hybridized carbons (Fsp3) is 0.667. The van der Waals surface area contributed by atoms with Gasteiger partial charge in [-0.05, 0) is 6.54 Å². The Morgan fingerprint density at radius 3 is 2.91 bits per heavy atom. The summed E-state index contributed by atoms with van der Waals surface area (Å²) >= 11 is 1.47. The highest BCUT2D eigenvalue weighted by Gasteiger charge is 2.01. The highest BCUT2D eigenvalue weighted by Crippen LogP contribution is 2.16. The zero-order chi connectivity index (χ0) is 8.10. The van der Waals surface area contributed by atoms with E-state index in [-0.39, 0.29) is 0 Å². The molecule has 0 atom stereocenters. The molecule has 0 saturated carbocycles. The van der Waals surface area contributed by atoms with Crippen molar-refractivity contribution in [3.63, 3.8) is 0 Å². The predicted molar refractivity (Wildman–Crippen MR) is 43.8 cm³/mol. The minimum Gasteiger partial charge on any atom is -0.472 e. The van der Waals surface area contributed by atoms with Gasteiger partial charge in [0.05, 0.1) is 7.11 Å². The van der Waals surface area contributed by atoms with Gasteiger partial charge in [0.15, 0.2) is 0 Å². The van der Waals surface area contributed by atoms with E-state index in [1.54, 1.807) is 7.11 Å². The minimum atomic E-state index is 0.623. The number of nitrogens with one attached hydrogen (secondary N) is 1. The molecular formula is C6H11N3OS. The predicted octanol–water partition coefficient (Wildman–Crippen LogP) is 0.656. The SMILES string of the molecule is CCNCc1nnc(OC)s1. The lowest BCUT2D eigenvalue weighted by molar-refractivity contribution is 0.407. The maximum atomic E-state index is 4.89. The third-order valence-electron chi connectivity index (χ3n) is 1.15. The molecule has 0 amide bonds. The zero-order valence-electron chi connectivity index (χ0n) is 6.63. The Balaban J connectivity index is 2.44. The first-order valence-electron chi connectivity index (χ1n) is 3.44. The number of rotatable bonds is 4. The molecule has 1 heterocycles. The Kier molecular flexibility index (Phi) is 3.25. The molecule has 1 rings (SSSR count). The molecule has 0 fully saturated rings. The Morgan fingerprint density at radius 2 is 2.36 bits per heavy atom. The van der Waals surface area contributed by atoms with E-state index in [2.05, 4.69) is 22.4 Å². The third-order valence-corrected chi connectivity index (χ3v) is 2.03. The number of methoxy groups -OCH3 is 1. The second-order valence-electron chi connectivity index (χ2n) is 1.95. The number of hydrogen-bond acceptors (Lipinski definition) is 5. The molecule has 0 spiro atoms. The van der Waals surface area contributed by atoms with Crippen LogP contribution in [-0.2, 0) is 6.54 Å². The molecule has 62 valence electrons. The number of hydrogen-bond donors (Lipinski definition) is 1. The van der Waals surface area contributed by atoms with Crippen molar-refractivity contribution in [2.24, 2.45) is 0 Å². The van der Waals surface area contributed by atoms with E-state index in [1.165, 1.54) is 11.3 Å². The van der Waals surface area contributed by atoms with Crippen molar-refractivity contribution in [3.8, 4) is 5.19 Å². The van der Waals surface area contributed by atoms with Crippen molar-refractivity contribution in [1.82, 2.24) is 15.5 Å². The Hall–Kier alpha value is -0.680. The summed E-state index contributed by atoms with van der Waals surface area (Å²) in [5, 5.41) is 12.4. The van der Waals surface area contributed by atoms with E-state index in [0.717, 1.165) is 18.1 Å². The second-order valence-corrected chi connectivity index (χ2v) is 2.97. The van der Waals surface area contributed by atoms with Gasteiger partial charge in [0, 0.05) is 6.54 Å². The summed E-state index contributed by atoms with van der Waals surface area (Å²) in [4.78, 5) is 0. The average Bonchev–Trinajstić information content (AvgIpc) is 2.48. The Morgan fingerprint density at radius 1 is 1.55 bits per heavy atom. The maximum absolute atomic E-state index is 4.89. The first-order chi connectivity index (χ1) is 5.36. The van der Waals surface area contributed by atoms with Crippen LogP contribution in [-0.4, -0.2) is 23.9 Å². The van der Waals surface area contributed by atoms with Crippen molar-refractivity contribution < 1.29 is 4.74 Å². The van der Waals surface area contributed by atoms with Gasteiger partial charge < -0.3 is 10.1 Å². The normalized spacial score (nSPS) is 10.0. The van der Waals surface area contributed by atoms with Crippen LogP contribution in [0, 0.1) is 0 Å². The molecule has 11 heavy (non-hydrogen) atoms. The molecule has 1 N–H and O–H groups in total. The van der Waals surface area contributed by atoms with Crippen LogP contribution in [0.5, 0.6) is 5.19 Å². The lowest BCUT2D eigenvalue weighted by Crippen LogP contribution is -2.11. The molecule has 0 aromatic carbocycles. The molecular weight excluding hydrogens is 162 g/mol. The van der Waals surface area contributed by atoms with Gasteiger partial charge in [0.2, 0.25) is 0 Å². The fourth-order valence-corrected chi connectivity index (χ4v) is 1.25. The summed E-state index contributed by atoms with van der Waals surface area (Å²) < 4.78 is 4.89. The van der Waals surface area contributed by atoms with Crippen molar-refractivity contribution in [2.45, 2.75) is 13.5 Å². The number of nitrogens with zero attached hydrogens (tertiary/aromatic N) is 2. The summed E-state index contributed by atoms with van der Waals surface area (Å²) in [5.74, 6) is 0. The second kappa shape index (κ2) is 4.25. The van der Waals surface area contributed by atoms with E-state index < -0.39 is 0 Å². The summed E-state index contributed by atoms with van der Waals surface area (Å²) in [6, 6.07) is 0. The van der Waals surface area contributed by atoms with Gasteiger partial charge in [-0.25, -0.2) is 0 Å². The summed E-state index contributed by atoms with van der Waals surface area (Å²) in [5.41, 5.74) is 0. The molecule has 1 aromatic rings. The summed E-state index contributed by atoms with van der Waals surface area (Å²) in [6.45, 7) is 3.78. The van der Waals surface area contributed by atoms with Crippen LogP contribution in [0.1, 0.15) is 11.9 Å². The van der Waals surface area contributed by atoms with Crippen molar-refractivity contribution in [3.05, 3.63) is 5.01 Å². The van der Waals surface area contributed by atoms with Crippen molar-refractivity contribution in [2.75, 3.05) is 13.7 Å². The van der Waals surface area contributed by atoms with Gasteiger partial charge >= 0.3 is 0 Å². The van der Waals surface area contributed by atoms with Gasteiger partial charge in [-0.3, -0.25) is 0 Å². The zero-order valence-corrected chi connectivity index (χ0v) is 7.44. The smallest absolute Gasteiger partial charge is 0.293 e. The van der Waals surface area contributed by atoms with Crippen LogP contribution in [0.3, 0.4) is 0 Å². The third kappa shape index (κ3) is 2.44. The molecule has 0 bridgehead atoms. The topological polar surface area (TPSA) is 47.0 Å².